The van der Waals surface area contributed by atoms with Crippen LogP contribution in [-0.4, -0.2) is 12.4 Å². The van der Waals surface area contributed by atoms with E-state index in [4.69, 9.17) is 4.74 Å². The number of benzene rings is 1. The molecule has 1 fully saturated rings. The second-order valence-corrected chi connectivity index (χ2v) is 4.25. The molecule has 0 radical (unpaired) electrons. The van der Waals surface area contributed by atoms with E-state index >= 15 is 0 Å². The highest BCUT2D eigenvalue weighted by molar-refractivity contribution is 9.10. The topological polar surface area (TPSA) is 26.3 Å². The Kier molecular flexibility index (Phi) is 2.99. The molecule has 2 unspecified atom stereocenters. The van der Waals surface area contributed by atoms with Crippen molar-refractivity contribution in [2.24, 2.45) is 0 Å². The van der Waals surface area contributed by atoms with Gasteiger partial charge in [0.15, 0.2) is 0 Å². The van der Waals surface area contributed by atoms with E-state index in [1.807, 2.05) is 24.3 Å². The summed E-state index contributed by atoms with van der Waals surface area (Å²) in [7, 11) is 0. The van der Waals surface area contributed by atoms with Crippen LogP contribution < -0.4 is 0 Å². The van der Waals surface area contributed by atoms with Crippen LogP contribution in [-0.2, 0) is 9.53 Å². The van der Waals surface area contributed by atoms with E-state index in [1.54, 1.807) is 0 Å². The summed E-state index contributed by atoms with van der Waals surface area (Å²) in [5, 5.41) is 0. The van der Waals surface area contributed by atoms with Crippen LogP contribution in [0.1, 0.15) is 24.5 Å². The van der Waals surface area contributed by atoms with Crippen molar-refractivity contribution in [3.05, 3.63) is 34.3 Å². The van der Waals surface area contributed by atoms with Crippen molar-refractivity contribution in [2.75, 3.05) is 0 Å². The highest BCUT2D eigenvalue weighted by Crippen LogP contribution is 2.35. The van der Waals surface area contributed by atoms with Crippen LogP contribution in [0.5, 0.6) is 0 Å². The molecule has 1 aliphatic heterocycles. The van der Waals surface area contributed by atoms with Gasteiger partial charge in [0.1, 0.15) is 12.4 Å². The van der Waals surface area contributed by atoms with Gasteiger partial charge < -0.3 is 9.53 Å². The van der Waals surface area contributed by atoms with Gasteiger partial charge >= 0.3 is 0 Å². The molecule has 14 heavy (non-hydrogen) atoms. The Morgan fingerprint density at radius 1 is 1.36 bits per heavy atom. The fourth-order valence-corrected chi connectivity index (χ4v) is 2.27. The van der Waals surface area contributed by atoms with Gasteiger partial charge in [-0.15, -0.1) is 0 Å². The quantitative estimate of drug-likeness (QED) is 0.759. The lowest BCUT2D eigenvalue weighted by Crippen LogP contribution is -2.07. The van der Waals surface area contributed by atoms with Crippen LogP contribution >= 0.6 is 15.9 Å². The van der Waals surface area contributed by atoms with Crippen molar-refractivity contribution in [2.45, 2.75) is 25.0 Å². The largest absolute Gasteiger partial charge is 0.363 e. The second kappa shape index (κ2) is 4.24. The first-order valence-electron chi connectivity index (χ1n) is 4.66. The molecule has 0 bridgehead atoms. The normalized spacial score (nSPS) is 26.4. The van der Waals surface area contributed by atoms with Gasteiger partial charge in [0.05, 0.1) is 6.10 Å². The minimum Gasteiger partial charge on any atom is -0.363 e. The summed E-state index contributed by atoms with van der Waals surface area (Å²) < 4.78 is 6.63. The first kappa shape index (κ1) is 9.87. The van der Waals surface area contributed by atoms with Crippen LogP contribution in [0.4, 0.5) is 0 Å². The van der Waals surface area contributed by atoms with Gasteiger partial charge in [0.2, 0.25) is 0 Å². The monoisotopic (exact) mass is 254 g/mol. The average Bonchev–Trinajstić information content (AvgIpc) is 2.67. The third kappa shape index (κ3) is 1.88. The highest BCUT2D eigenvalue weighted by Gasteiger charge is 2.26. The molecule has 2 atom stereocenters. The molecule has 1 aromatic carbocycles. The predicted molar refractivity (Wildman–Crippen MR) is 57.1 cm³/mol. The molecule has 2 nitrogen and oxygen atoms in total. The molecule has 0 saturated carbocycles. The van der Waals surface area contributed by atoms with Crippen LogP contribution in [0.15, 0.2) is 28.7 Å². The van der Waals surface area contributed by atoms with Crippen LogP contribution in [0.25, 0.3) is 0 Å². The Morgan fingerprint density at radius 3 is 2.79 bits per heavy atom. The van der Waals surface area contributed by atoms with Crippen molar-refractivity contribution in [3.63, 3.8) is 0 Å². The number of hydrogen-bond acceptors (Lipinski definition) is 2. The van der Waals surface area contributed by atoms with Crippen LogP contribution in [0.2, 0.25) is 0 Å². The summed E-state index contributed by atoms with van der Waals surface area (Å²) >= 11 is 3.48. The number of carbonyl (C=O) groups is 1. The fourth-order valence-electron chi connectivity index (χ4n) is 1.73. The molecule has 1 saturated heterocycles. The molecule has 1 aliphatic rings. The Balaban J connectivity index is 2.17. The summed E-state index contributed by atoms with van der Waals surface area (Å²) in [6.45, 7) is 0. The number of halogens is 1. The van der Waals surface area contributed by atoms with E-state index in [0.717, 1.165) is 29.2 Å². The molecule has 74 valence electrons. The highest BCUT2D eigenvalue weighted by atomic mass is 79.9. The van der Waals surface area contributed by atoms with Crippen molar-refractivity contribution < 1.29 is 9.53 Å². The van der Waals surface area contributed by atoms with Gasteiger partial charge in [0, 0.05) is 4.47 Å². The lowest BCUT2D eigenvalue weighted by molar-refractivity contribution is -0.117. The summed E-state index contributed by atoms with van der Waals surface area (Å²) in [5.74, 6) is 0. The Bertz CT molecular complexity index is 338. The van der Waals surface area contributed by atoms with E-state index < -0.39 is 0 Å². The molecule has 0 amide bonds. The predicted octanol–water partition coefficient (Wildman–Crippen LogP) is 2.87. The molecule has 2 rings (SSSR count). The molecular formula is C11H11BrO2. The summed E-state index contributed by atoms with van der Waals surface area (Å²) in [6.07, 6.45) is 2.49. The Hall–Kier alpha value is -0.670. The minimum atomic E-state index is -0.216. The summed E-state index contributed by atoms with van der Waals surface area (Å²) in [5.41, 5.74) is 1.14. The molecule has 1 aromatic rings. The number of carbonyl (C=O) groups excluding carboxylic acids is 1. The maximum Gasteiger partial charge on any atom is 0.148 e. The third-order valence-electron chi connectivity index (χ3n) is 2.46. The van der Waals surface area contributed by atoms with Gasteiger partial charge in [-0.2, -0.15) is 0 Å². The lowest BCUT2D eigenvalue weighted by Gasteiger charge is -2.12. The first-order valence-corrected chi connectivity index (χ1v) is 5.45. The van der Waals surface area contributed by atoms with E-state index in [0.29, 0.717) is 0 Å². The molecule has 1 heterocycles. The van der Waals surface area contributed by atoms with Crippen LogP contribution in [0, 0.1) is 0 Å². The van der Waals surface area contributed by atoms with Crippen molar-refractivity contribution in [1.82, 2.24) is 0 Å². The molecule has 0 aliphatic carbocycles. The standard InChI is InChI=1S/C11H11BrO2/c12-10-4-2-1-3-9(10)11-6-5-8(7-13)14-11/h1-4,7-8,11H,5-6H2. The van der Waals surface area contributed by atoms with Crippen molar-refractivity contribution >= 4 is 22.2 Å². The zero-order valence-corrected chi connectivity index (χ0v) is 9.24. The van der Waals surface area contributed by atoms with Crippen molar-refractivity contribution in [1.29, 1.82) is 0 Å². The van der Waals surface area contributed by atoms with Gasteiger partial charge in [0.25, 0.3) is 0 Å². The van der Waals surface area contributed by atoms with Crippen molar-refractivity contribution in [3.8, 4) is 0 Å². The summed E-state index contributed by atoms with van der Waals surface area (Å²) in [4.78, 5) is 10.5. The van der Waals surface area contributed by atoms with E-state index in [1.165, 1.54) is 0 Å². The maximum absolute atomic E-state index is 10.5. The Morgan fingerprint density at radius 2 is 2.14 bits per heavy atom. The van der Waals surface area contributed by atoms with Gasteiger partial charge in [-0.3, -0.25) is 0 Å². The number of ether oxygens (including phenoxy) is 1. The van der Waals surface area contributed by atoms with E-state index in [2.05, 4.69) is 15.9 Å². The molecule has 0 aromatic heterocycles. The first-order chi connectivity index (χ1) is 6.81. The molecule has 3 heteroatoms. The number of rotatable bonds is 2. The van der Waals surface area contributed by atoms with Gasteiger partial charge in [-0.05, 0) is 24.5 Å². The van der Waals surface area contributed by atoms with Crippen LogP contribution in [0.3, 0.4) is 0 Å². The number of hydrogen-bond donors (Lipinski definition) is 0. The molecular weight excluding hydrogens is 244 g/mol. The zero-order chi connectivity index (χ0) is 9.97. The number of aldehydes is 1. The maximum atomic E-state index is 10.5. The second-order valence-electron chi connectivity index (χ2n) is 3.40. The Labute approximate surface area is 91.4 Å². The zero-order valence-electron chi connectivity index (χ0n) is 7.65. The average molecular weight is 255 g/mol. The SMILES string of the molecule is O=CC1CCC(c2ccccc2Br)O1. The third-order valence-corrected chi connectivity index (χ3v) is 3.18. The van der Waals surface area contributed by atoms with E-state index in [9.17, 15) is 4.79 Å². The lowest BCUT2D eigenvalue weighted by atomic mass is 10.1. The summed E-state index contributed by atoms with van der Waals surface area (Å²) in [6, 6.07) is 7.98. The van der Waals surface area contributed by atoms with Gasteiger partial charge in [-0.1, -0.05) is 34.1 Å². The van der Waals surface area contributed by atoms with E-state index in [-0.39, 0.29) is 12.2 Å². The molecule has 0 spiro atoms. The smallest absolute Gasteiger partial charge is 0.148 e. The van der Waals surface area contributed by atoms with Gasteiger partial charge in [-0.25, -0.2) is 0 Å². The minimum absolute atomic E-state index is 0.0702. The molecule has 0 N–H and O–H groups in total. The fraction of sp³-hybridized carbons (Fsp3) is 0.364.